The van der Waals surface area contributed by atoms with E-state index >= 15 is 0 Å². The lowest BCUT2D eigenvalue weighted by atomic mass is 10.1. The number of aromatic nitrogens is 2. The topological polar surface area (TPSA) is 107 Å². The van der Waals surface area contributed by atoms with Gasteiger partial charge in [0.25, 0.3) is 5.91 Å². The van der Waals surface area contributed by atoms with E-state index in [1.165, 1.54) is 4.90 Å². The third-order valence-corrected chi connectivity index (χ3v) is 5.48. The van der Waals surface area contributed by atoms with Gasteiger partial charge in [0.05, 0.1) is 0 Å². The molecule has 3 heterocycles. The molecule has 0 bridgehead atoms. The van der Waals surface area contributed by atoms with E-state index in [2.05, 4.69) is 20.6 Å². The third kappa shape index (κ3) is 4.91. The molecule has 8 heteroatoms. The number of para-hydroxylation sites is 1. The highest BCUT2D eigenvalue weighted by molar-refractivity contribution is 6.04. The van der Waals surface area contributed by atoms with Crippen molar-refractivity contribution in [1.29, 1.82) is 0 Å². The van der Waals surface area contributed by atoms with Gasteiger partial charge in [0.15, 0.2) is 0 Å². The molecule has 0 spiro atoms. The monoisotopic (exact) mass is 419 g/mol. The SMILES string of the molecule is O=C(CC[C@@H]1NC(=O)N(CCc2c[nH]c3ccccc23)C1=O)NCCc1ccccn1. The zero-order chi connectivity index (χ0) is 21.6. The molecule has 31 heavy (non-hydrogen) atoms. The number of amides is 4. The van der Waals surface area contributed by atoms with Crippen LogP contribution in [0.1, 0.15) is 24.1 Å². The van der Waals surface area contributed by atoms with Crippen molar-refractivity contribution in [3.63, 3.8) is 0 Å². The lowest BCUT2D eigenvalue weighted by molar-refractivity contribution is -0.127. The number of urea groups is 1. The van der Waals surface area contributed by atoms with Crippen LogP contribution in [-0.2, 0) is 22.4 Å². The summed E-state index contributed by atoms with van der Waals surface area (Å²) < 4.78 is 0. The highest BCUT2D eigenvalue weighted by Gasteiger charge is 2.37. The Hall–Kier alpha value is -3.68. The van der Waals surface area contributed by atoms with Crippen molar-refractivity contribution in [2.75, 3.05) is 13.1 Å². The molecule has 1 atom stereocenters. The van der Waals surface area contributed by atoms with Gasteiger partial charge in [0.1, 0.15) is 6.04 Å². The van der Waals surface area contributed by atoms with E-state index in [1.807, 2.05) is 48.7 Å². The number of aromatic amines is 1. The normalized spacial score (nSPS) is 16.0. The van der Waals surface area contributed by atoms with Gasteiger partial charge in [-0.15, -0.1) is 0 Å². The van der Waals surface area contributed by atoms with Crippen molar-refractivity contribution in [3.05, 3.63) is 66.1 Å². The Balaban J connectivity index is 1.23. The van der Waals surface area contributed by atoms with Gasteiger partial charge in [-0.25, -0.2) is 4.79 Å². The van der Waals surface area contributed by atoms with Gasteiger partial charge in [-0.05, 0) is 36.6 Å². The first-order valence-electron chi connectivity index (χ1n) is 10.5. The quantitative estimate of drug-likeness (QED) is 0.462. The highest BCUT2D eigenvalue weighted by Crippen LogP contribution is 2.19. The van der Waals surface area contributed by atoms with Crippen molar-refractivity contribution >= 4 is 28.7 Å². The van der Waals surface area contributed by atoms with E-state index < -0.39 is 12.1 Å². The van der Waals surface area contributed by atoms with Crippen LogP contribution >= 0.6 is 0 Å². The van der Waals surface area contributed by atoms with Gasteiger partial charge >= 0.3 is 6.03 Å². The fraction of sp³-hybridized carbons (Fsp3) is 0.304. The van der Waals surface area contributed by atoms with Crippen LogP contribution in [0.2, 0.25) is 0 Å². The first-order valence-corrected chi connectivity index (χ1v) is 10.5. The van der Waals surface area contributed by atoms with Gasteiger partial charge in [-0.3, -0.25) is 19.5 Å². The summed E-state index contributed by atoms with van der Waals surface area (Å²) >= 11 is 0. The van der Waals surface area contributed by atoms with Crippen molar-refractivity contribution in [2.45, 2.75) is 31.7 Å². The lowest BCUT2D eigenvalue weighted by Crippen LogP contribution is -2.34. The second-order valence-corrected chi connectivity index (χ2v) is 7.56. The first-order chi connectivity index (χ1) is 15.1. The van der Waals surface area contributed by atoms with Crippen molar-refractivity contribution < 1.29 is 14.4 Å². The number of imide groups is 1. The second kappa shape index (κ2) is 9.42. The Labute approximate surface area is 180 Å². The molecule has 1 saturated heterocycles. The number of nitrogens with zero attached hydrogens (tertiary/aromatic N) is 2. The molecular weight excluding hydrogens is 394 g/mol. The number of H-pyrrole nitrogens is 1. The number of carbonyl (C=O) groups is 3. The molecule has 4 rings (SSSR count). The maximum atomic E-state index is 12.6. The van der Waals surface area contributed by atoms with Gasteiger partial charge in [-0.2, -0.15) is 0 Å². The van der Waals surface area contributed by atoms with E-state index in [9.17, 15) is 14.4 Å². The maximum absolute atomic E-state index is 12.6. The minimum absolute atomic E-state index is 0.143. The number of benzene rings is 1. The minimum Gasteiger partial charge on any atom is -0.361 e. The fourth-order valence-electron chi connectivity index (χ4n) is 3.79. The molecule has 0 aliphatic carbocycles. The number of carbonyl (C=O) groups excluding carboxylic acids is 3. The molecule has 2 aromatic heterocycles. The molecule has 1 aliphatic rings. The minimum atomic E-state index is -0.656. The average molecular weight is 419 g/mol. The van der Waals surface area contributed by atoms with Crippen LogP contribution in [0.4, 0.5) is 4.79 Å². The molecule has 4 amide bonds. The Bertz CT molecular complexity index is 1080. The van der Waals surface area contributed by atoms with Crippen LogP contribution in [0.5, 0.6) is 0 Å². The molecule has 0 saturated carbocycles. The third-order valence-electron chi connectivity index (χ3n) is 5.48. The summed E-state index contributed by atoms with van der Waals surface area (Å²) in [7, 11) is 0. The number of hydrogen-bond acceptors (Lipinski definition) is 4. The van der Waals surface area contributed by atoms with Crippen molar-refractivity contribution in [2.24, 2.45) is 0 Å². The van der Waals surface area contributed by atoms with Crippen molar-refractivity contribution in [3.8, 4) is 0 Å². The van der Waals surface area contributed by atoms with Crippen LogP contribution in [0.15, 0.2) is 54.9 Å². The smallest absolute Gasteiger partial charge is 0.324 e. The highest BCUT2D eigenvalue weighted by atomic mass is 16.2. The van der Waals surface area contributed by atoms with Crippen LogP contribution in [0, 0.1) is 0 Å². The lowest BCUT2D eigenvalue weighted by Gasteiger charge is -2.12. The Morgan fingerprint density at radius 3 is 2.77 bits per heavy atom. The van der Waals surface area contributed by atoms with E-state index in [0.29, 0.717) is 25.9 Å². The summed E-state index contributed by atoms with van der Waals surface area (Å²) in [5.41, 5.74) is 3.00. The van der Waals surface area contributed by atoms with Crippen LogP contribution in [0.3, 0.4) is 0 Å². The summed E-state index contributed by atoms with van der Waals surface area (Å²) in [4.78, 5) is 45.7. The van der Waals surface area contributed by atoms with E-state index in [0.717, 1.165) is 22.2 Å². The zero-order valence-corrected chi connectivity index (χ0v) is 17.1. The number of hydrogen-bond donors (Lipinski definition) is 3. The van der Waals surface area contributed by atoms with Crippen LogP contribution in [0.25, 0.3) is 10.9 Å². The standard InChI is InChI=1S/C23H25N5O3/c29-21(25-13-10-17-5-3-4-12-24-17)9-8-20-22(30)28(23(31)27-20)14-11-16-15-26-19-7-2-1-6-18(16)19/h1-7,12,15,20,26H,8-11,13-14H2,(H,25,29)(H,27,31)/t20-/m0/s1. The van der Waals surface area contributed by atoms with Gasteiger partial charge < -0.3 is 15.6 Å². The van der Waals surface area contributed by atoms with E-state index in [1.54, 1.807) is 6.20 Å². The Kier molecular flexibility index (Phi) is 6.26. The number of pyridine rings is 1. The molecule has 3 N–H and O–H groups in total. The van der Waals surface area contributed by atoms with Crippen molar-refractivity contribution in [1.82, 2.24) is 25.5 Å². The largest absolute Gasteiger partial charge is 0.361 e. The van der Waals surface area contributed by atoms with Crippen LogP contribution < -0.4 is 10.6 Å². The second-order valence-electron chi connectivity index (χ2n) is 7.56. The molecule has 0 radical (unpaired) electrons. The van der Waals surface area contributed by atoms with Gasteiger partial charge in [0, 0.05) is 54.9 Å². The summed E-state index contributed by atoms with van der Waals surface area (Å²) in [5, 5.41) is 6.62. The zero-order valence-electron chi connectivity index (χ0n) is 17.1. The van der Waals surface area contributed by atoms with E-state index in [4.69, 9.17) is 0 Å². The molecule has 1 aromatic carbocycles. The molecule has 8 nitrogen and oxygen atoms in total. The predicted octanol–water partition coefficient (Wildman–Crippen LogP) is 2.16. The summed E-state index contributed by atoms with van der Waals surface area (Å²) in [6.07, 6.45) is 5.31. The average Bonchev–Trinajstić information content (AvgIpc) is 3.32. The maximum Gasteiger partial charge on any atom is 0.324 e. The van der Waals surface area contributed by atoms with E-state index in [-0.39, 0.29) is 24.7 Å². The molecule has 160 valence electrons. The molecular formula is C23H25N5O3. The van der Waals surface area contributed by atoms with Gasteiger partial charge in [0.2, 0.25) is 5.91 Å². The molecule has 3 aromatic rings. The molecule has 1 aliphatic heterocycles. The summed E-state index contributed by atoms with van der Waals surface area (Å²) in [6.45, 7) is 0.789. The Morgan fingerprint density at radius 1 is 1.10 bits per heavy atom. The fourth-order valence-corrected chi connectivity index (χ4v) is 3.79. The molecule has 1 fully saturated rings. The summed E-state index contributed by atoms with van der Waals surface area (Å²) in [6, 6.07) is 12.5. The Morgan fingerprint density at radius 2 is 1.94 bits per heavy atom. The number of fused-ring (bicyclic) bond motifs is 1. The van der Waals surface area contributed by atoms with Gasteiger partial charge in [-0.1, -0.05) is 24.3 Å². The molecule has 0 unspecified atom stereocenters. The summed E-state index contributed by atoms with van der Waals surface area (Å²) in [5.74, 6) is -0.415. The van der Waals surface area contributed by atoms with Crippen LogP contribution in [-0.4, -0.2) is 51.8 Å². The number of rotatable bonds is 9. The number of nitrogens with one attached hydrogen (secondary N) is 3. The predicted molar refractivity (Wildman–Crippen MR) is 116 cm³/mol. The first kappa shape index (κ1) is 20.6.